The molecule has 0 unspecified atom stereocenters. The molecule has 0 nitrogen and oxygen atoms in total. The Morgan fingerprint density at radius 2 is 1.26 bits per heavy atom. The number of hydrogen-bond donors (Lipinski definition) is 0. The highest BCUT2D eigenvalue weighted by atomic mass is 32.1. The van der Waals surface area contributed by atoms with Crippen molar-refractivity contribution >= 4 is 22.7 Å². The minimum atomic E-state index is 1.19. The van der Waals surface area contributed by atoms with Gasteiger partial charge in [-0.05, 0) is 83.7 Å². The van der Waals surface area contributed by atoms with Crippen LogP contribution in [0.25, 0.3) is 32.7 Å². The summed E-state index contributed by atoms with van der Waals surface area (Å²) in [6.07, 6.45) is 4.80. The molecule has 2 heterocycles. The molecule has 0 aliphatic heterocycles. The predicted octanol–water partition coefficient (Wildman–Crippen LogP) is 7.32. The molecule has 27 heavy (non-hydrogen) atoms. The Morgan fingerprint density at radius 3 is 1.96 bits per heavy atom. The van der Waals surface area contributed by atoms with Gasteiger partial charge in [-0.2, -0.15) is 0 Å². The fourth-order valence-electron chi connectivity index (χ4n) is 4.81. The van der Waals surface area contributed by atoms with Crippen LogP contribution >= 0.6 is 22.7 Å². The van der Waals surface area contributed by atoms with Crippen LogP contribution in [0.3, 0.4) is 0 Å². The van der Waals surface area contributed by atoms with E-state index in [9.17, 15) is 0 Å². The maximum absolute atomic E-state index is 2.43. The molecule has 2 aromatic carbocycles. The van der Waals surface area contributed by atoms with Crippen molar-refractivity contribution in [2.24, 2.45) is 0 Å². The van der Waals surface area contributed by atoms with E-state index < -0.39 is 0 Å². The summed E-state index contributed by atoms with van der Waals surface area (Å²) in [5, 5.41) is 0. The van der Waals surface area contributed by atoms with Gasteiger partial charge in [-0.15, -0.1) is 22.7 Å². The van der Waals surface area contributed by atoms with Crippen LogP contribution < -0.4 is 0 Å². The number of rotatable bonds is 1. The number of thiophene rings is 2. The number of aryl methyl sites for hydroxylation is 3. The zero-order chi connectivity index (χ0) is 18.0. The van der Waals surface area contributed by atoms with Crippen molar-refractivity contribution < 1.29 is 0 Å². The van der Waals surface area contributed by atoms with Gasteiger partial charge in [0.25, 0.3) is 0 Å². The van der Waals surface area contributed by atoms with E-state index in [1.807, 2.05) is 22.7 Å². The third kappa shape index (κ3) is 2.40. The SMILES string of the molecule is Cc1cc2c(s1)CCc1c-2ccc2c1CCc1sc(-c3ccccc3)cc1-2. The van der Waals surface area contributed by atoms with Crippen molar-refractivity contribution in [3.63, 3.8) is 0 Å². The summed E-state index contributed by atoms with van der Waals surface area (Å²) in [6, 6.07) is 20.5. The molecule has 0 amide bonds. The quantitative estimate of drug-likeness (QED) is 0.322. The Hall–Kier alpha value is -2.16. The average Bonchev–Trinajstić information content (AvgIpc) is 3.31. The summed E-state index contributed by atoms with van der Waals surface area (Å²) in [5.41, 5.74) is 10.6. The summed E-state index contributed by atoms with van der Waals surface area (Å²) in [5.74, 6) is 0. The minimum absolute atomic E-state index is 1.19. The average molecular weight is 385 g/mol. The highest BCUT2D eigenvalue weighted by Crippen LogP contribution is 2.47. The summed E-state index contributed by atoms with van der Waals surface area (Å²) in [7, 11) is 0. The van der Waals surface area contributed by atoms with Gasteiger partial charge in [-0.1, -0.05) is 42.5 Å². The van der Waals surface area contributed by atoms with Crippen LogP contribution in [0.2, 0.25) is 0 Å². The van der Waals surface area contributed by atoms with Gasteiger partial charge in [0.15, 0.2) is 0 Å². The third-order valence-electron chi connectivity index (χ3n) is 6.02. The molecule has 6 rings (SSSR count). The second kappa shape index (κ2) is 5.92. The van der Waals surface area contributed by atoms with Gasteiger partial charge in [-0.25, -0.2) is 0 Å². The zero-order valence-electron chi connectivity index (χ0n) is 15.3. The number of fused-ring (bicyclic) bond motifs is 7. The van der Waals surface area contributed by atoms with Gasteiger partial charge < -0.3 is 0 Å². The first-order valence-electron chi connectivity index (χ1n) is 9.71. The largest absolute Gasteiger partial charge is 0.145 e. The Kier molecular flexibility index (Phi) is 3.48. The van der Waals surface area contributed by atoms with Crippen molar-refractivity contribution in [1.82, 2.24) is 0 Å². The van der Waals surface area contributed by atoms with Crippen LogP contribution in [0.15, 0.2) is 54.6 Å². The molecule has 2 heteroatoms. The van der Waals surface area contributed by atoms with E-state index in [1.165, 1.54) is 63.3 Å². The van der Waals surface area contributed by atoms with Gasteiger partial charge in [0.05, 0.1) is 0 Å². The Bertz CT molecular complexity index is 1170. The lowest BCUT2D eigenvalue weighted by Gasteiger charge is -2.25. The van der Waals surface area contributed by atoms with E-state index in [1.54, 1.807) is 20.9 Å². The normalized spacial score (nSPS) is 14.3. The molecule has 0 N–H and O–H groups in total. The molecule has 0 bridgehead atoms. The van der Waals surface area contributed by atoms with E-state index in [2.05, 4.69) is 61.5 Å². The lowest BCUT2D eigenvalue weighted by molar-refractivity contribution is 0.892. The highest BCUT2D eigenvalue weighted by Gasteiger charge is 2.26. The van der Waals surface area contributed by atoms with E-state index in [-0.39, 0.29) is 0 Å². The van der Waals surface area contributed by atoms with Gasteiger partial charge in [0.2, 0.25) is 0 Å². The Morgan fingerprint density at radius 1 is 0.630 bits per heavy atom. The van der Waals surface area contributed by atoms with E-state index in [0.717, 1.165) is 0 Å². The summed E-state index contributed by atoms with van der Waals surface area (Å²) >= 11 is 3.97. The van der Waals surface area contributed by atoms with Crippen LogP contribution in [0.5, 0.6) is 0 Å². The standard InChI is InChI=1S/C25H20S2/c1-15-13-21-19-7-8-20-18(17(19)9-11-23(21)26-15)10-12-24-22(20)14-25(27-24)16-5-3-2-4-6-16/h2-8,13-14H,9-12H2,1H3. The fraction of sp³-hybridized carbons (Fsp3) is 0.200. The monoisotopic (exact) mass is 384 g/mol. The maximum Gasteiger partial charge on any atom is 0.0352 e. The van der Waals surface area contributed by atoms with Crippen molar-refractivity contribution in [3.8, 4) is 32.7 Å². The van der Waals surface area contributed by atoms with Crippen LogP contribution in [0, 0.1) is 6.92 Å². The lowest BCUT2D eigenvalue weighted by atomic mass is 9.80. The third-order valence-corrected chi connectivity index (χ3v) is 8.37. The molecule has 0 atom stereocenters. The van der Waals surface area contributed by atoms with Crippen LogP contribution in [-0.4, -0.2) is 0 Å². The van der Waals surface area contributed by atoms with Crippen molar-refractivity contribution in [1.29, 1.82) is 0 Å². The second-order valence-corrected chi connectivity index (χ2v) is 10.1. The van der Waals surface area contributed by atoms with Gasteiger partial charge in [0, 0.05) is 19.5 Å². The van der Waals surface area contributed by atoms with Crippen LogP contribution in [-0.2, 0) is 25.7 Å². The first kappa shape index (κ1) is 15.9. The molecule has 0 radical (unpaired) electrons. The minimum Gasteiger partial charge on any atom is -0.145 e. The van der Waals surface area contributed by atoms with Crippen molar-refractivity contribution in [2.45, 2.75) is 32.6 Å². The van der Waals surface area contributed by atoms with E-state index >= 15 is 0 Å². The number of hydrogen-bond acceptors (Lipinski definition) is 2. The predicted molar refractivity (Wildman–Crippen MR) is 118 cm³/mol. The van der Waals surface area contributed by atoms with Gasteiger partial charge in [-0.3, -0.25) is 0 Å². The molecule has 4 aromatic rings. The maximum atomic E-state index is 2.43. The molecule has 0 spiro atoms. The first-order valence-corrected chi connectivity index (χ1v) is 11.3. The Balaban J connectivity index is 1.51. The molecule has 0 saturated heterocycles. The first-order chi connectivity index (χ1) is 13.3. The molecular weight excluding hydrogens is 364 g/mol. The molecule has 0 saturated carbocycles. The molecule has 2 aliphatic carbocycles. The second-order valence-electron chi connectivity index (χ2n) is 7.63. The van der Waals surface area contributed by atoms with Crippen molar-refractivity contribution in [2.75, 3.05) is 0 Å². The van der Waals surface area contributed by atoms with E-state index in [4.69, 9.17) is 0 Å². The Labute approximate surface area is 168 Å². The summed E-state index contributed by atoms with van der Waals surface area (Å²) < 4.78 is 0. The van der Waals surface area contributed by atoms with Gasteiger partial charge >= 0.3 is 0 Å². The molecule has 2 aliphatic rings. The smallest absolute Gasteiger partial charge is 0.0352 e. The molecule has 0 fully saturated rings. The molecular formula is C25H20S2. The van der Waals surface area contributed by atoms with E-state index in [0.29, 0.717) is 0 Å². The topological polar surface area (TPSA) is 0 Å². The zero-order valence-corrected chi connectivity index (χ0v) is 17.0. The van der Waals surface area contributed by atoms with Crippen LogP contribution in [0.1, 0.15) is 25.8 Å². The van der Waals surface area contributed by atoms with Crippen LogP contribution in [0.4, 0.5) is 0 Å². The van der Waals surface area contributed by atoms with Gasteiger partial charge in [0.1, 0.15) is 0 Å². The lowest BCUT2D eigenvalue weighted by Crippen LogP contribution is -2.10. The summed E-state index contributed by atoms with van der Waals surface area (Å²) in [4.78, 5) is 5.99. The van der Waals surface area contributed by atoms with Crippen molar-refractivity contribution in [3.05, 3.63) is 80.4 Å². The molecule has 2 aromatic heterocycles. The number of benzene rings is 2. The highest BCUT2D eigenvalue weighted by molar-refractivity contribution is 7.16. The summed E-state index contributed by atoms with van der Waals surface area (Å²) in [6.45, 7) is 2.24. The fourth-order valence-corrected chi connectivity index (χ4v) is 7.04. The molecule has 132 valence electrons.